The lowest BCUT2D eigenvalue weighted by Gasteiger charge is -2.48. The smallest absolute Gasteiger partial charge is 0.338 e. The summed E-state index contributed by atoms with van der Waals surface area (Å²) in [6.45, 7) is 6.48. The summed E-state index contributed by atoms with van der Waals surface area (Å²) in [4.78, 5) is 15.4. The fourth-order valence-corrected chi connectivity index (χ4v) is 2.69. The van der Waals surface area contributed by atoms with Crippen LogP contribution in [0.15, 0.2) is 0 Å². The molecule has 18 heavy (non-hydrogen) atoms. The largest absolute Gasteiger partial charge is 0.466 e. The van der Waals surface area contributed by atoms with Crippen LogP contribution in [0.3, 0.4) is 0 Å². The van der Waals surface area contributed by atoms with E-state index in [1.54, 1.807) is 14.2 Å². The second-order valence-corrected chi connectivity index (χ2v) is 4.77. The fourth-order valence-electron chi connectivity index (χ4n) is 2.69. The molecule has 0 amide bonds. The molecule has 0 aromatic carbocycles. The van der Waals surface area contributed by atoms with E-state index in [2.05, 4.69) is 19.9 Å². The lowest BCUT2D eigenvalue weighted by molar-refractivity contribution is 0.0618. The maximum Gasteiger partial charge on any atom is 0.338 e. The topological polar surface area (TPSA) is 60.4 Å². The summed E-state index contributed by atoms with van der Waals surface area (Å²) in [7, 11) is 3.12. The zero-order valence-electron chi connectivity index (χ0n) is 10.8. The van der Waals surface area contributed by atoms with Crippen molar-refractivity contribution in [2.75, 3.05) is 53.5 Å². The normalized spacial score (nSPS) is 30.2. The molecule has 0 spiro atoms. The van der Waals surface area contributed by atoms with Crippen molar-refractivity contribution in [3.63, 3.8) is 0 Å². The van der Waals surface area contributed by atoms with E-state index in [1.807, 2.05) is 0 Å². The van der Waals surface area contributed by atoms with Gasteiger partial charge in [-0.1, -0.05) is 0 Å². The van der Waals surface area contributed by atoms with Crippen LogP contribution in [0.2, 0.25) is 0 Å². The number of hydrogen-bond donors (Lipinski definition) is 0. The number of quaternary nitrogens is 1. The molecular formula is C11H18N5O2+. The van der Waals surface area contributed by atoms with Gasteiger partial charge in [0, 0.05) is 19.6 Å². The summed E-state index contributed by atoms with van der Waals surface area (Å²) >= 11 is 0. The highest BCUT2D eigenvalue weighted by molar-refractivity contribution is 5.30. The number of rotatable bonds is 3. The van der Waals surface area contributed by atoms with E-state index in [0.717, 1.165) is 49.7 Å². The third kappa shape index (κ3) is 1.79. The van der Waals surface area contributed by atoms with Gasteiger partial charge in [0.2, 0.25) is 0 Å². The van der Waals surface area contributed by atoms with Crippen LogP contribution in [-0.4, -0.2) is 73.3 Å². The minimum absolute atomic E-state index is 0.331. The average Bonchev–Trinajstić information content (AvgIpc) is 2.48. The quantitative estimate of drug-likeness (QED) is 0.678. The molecule has 3 aliphatic rings. The SMILES string of the molecule is COc1nc(OC)nc([N+]23CCN(CC2)CC3)n1. The maximum atomic E-state index is 5.13. The van der Waals surface area contributed by atoms with Crippen molar-refractivity contribution >= 4 is 5.95 Å². The molecule has 7 nitrogen and oxygen atoms in total. The third-order valence-electron chi connectivity index (χ3n) is 3.90. The molecule has 0 aliphatic carbocycles. The molecule has 0 atom stereocenters. The van der Waals surface area contributed by atoms with Gasteiger partial charge in [-0.05, 0) is 0 Å². The van der Waals surface area contributed by atoms with E-state index in [9.17, 15) is 0 Å². The number of hydrogen-bond acceptors (Lipinski definition) is 6. The van der Waals surface area contributed by atoms with Gasteiger partial charge in [0.1, 0.15) is 0 Å². The Bertz CT molecular complexity index is 409. The lowest BCUT2D eigenvalue weighted by Crippen LogP contribution is -2.69. The third-order valence-corrected chi connectivity index (χ3v) is 3.90. The monoisotopic (exact) mass is 252 g/mol. The van der Waals surface area contributed by atoms with Gasteiger partial charge in [-0.25, -0.2) is 0 Å². The Morgan fingerprint density at radius 3 is 1.83 bits per heavy atom. The van der Waals surface area contributed by atoms with E-state index in [-0.39, 0.29) is 0 Å². The molecular weight excluding hydrogens is 234 g/mol. The van der Waals surface area contributed by atoms with Crippen LogP contribution in [0.25, 0.3) is 0 Å². The van der Waals surface area contributed by atoms with Gasteiger partial charge in [0.25, 0.3) is 0 Å². The molecule has 1 aromatic heterocycles. The second kappa shape index (κ2) is 4.33. The van der Waals surface area contributed by atoms with Crippen molar-refractivity contribution in [2.45, 2.75) is 0 Å². The Morgan fingerprint density at radius 1 is 0.889 bits per heavy atom. The fraction of sp³-hybridized carbons (Fsp3) is 0.727. The molecule has 0 radical (unpaired) electrons. The molecule has 4 heterocycles. The zero-order valence-corrected chi connectivity index (χ0v) is 10.8. The molecule has 0 N–H and O–H groups in total. The van der Waals surface area contributed by atoms with Crippen LogP contribution >= 0.6 is 0 Å². The first kappa shape index (κ1) is 11.6. The molecule has 7 heteroatoms. The van der Waals surface area contributed by atoms with E-state index in [4.69, 9.17) is 9.47 Å². The molecule has 0 saturated carbocycles. The number of nitrogens with zero attached hydrogens (tertiary/aromatic N) is 5. The first-order valence-corrected chi connectivity index (χ1v) is 6.19. The van der Waals surface area contributed by atoms with Gasteiger partial charge in [-0.3, -0.25) is 9.38 Å². The highest BCUT2D eigenvalue weighted by Gasteiger charge is 2.43. The first-order chi connectivity index (χ1) is 8.75. The van der Waals surface area contributed by atoms with Gasteiger partial charge in [0.05, 0.1) is 33.9 Å². The molecule has 4 rings (SSSR count). The minimum Gasteiger partial charge on any atom is -0.466 e. The van der Waals surface area contributed by atoms with E-state index < -0.39 is 0 Å². The highest BCUT2D eigenvalue weighted by Crippen LogP contribution is 2.27. The summed E-state index contributed by atoms with van der Waals surface area (Å²) in [5.74, 6) is 0.776. The Morgan fingerprint density at radius 2 is 1.39 bits per heavy atom. The molecule has 0 unspecified atom stereocenters. The van der Waals surface area contributed by atoms with E-state index >= 15 is 0 Å². The zero-order chi connectivity index (χ0) is 12.6. The average molecular weight is 252 g/mol. The van der Waals surface area contributed by atoms with Crippen molar-refractivity contribution < 1.29 is 9.47 Å². The number of fused-ring (bicyclic) bond motifs is 3. The molecule has 2 bridgehead atoms. The molecule has 3 fully saturated rings. The maximum absolute atomic E-state index is 5.13. The summed E-state index contributed by atoms with van der Waals surface area (Å²) in [6.07, 6.45) is 0. The van der Waals surface area contributed by atoms with Gasteiger partial charge < -0.3 is 9.47 Å². The Labute approximate surface area is 106 Å². The van der Waals surface area contributed by atoms with Crippen LogP contribution < -0.4 is 14.0 Å². The van der Waals surface area contributed by atoms with Crippen molar-refractivity contribution in [3.05, 3.63) is 0 Å². The number of ether oxygens (including phenoxy) is 2. The molecule has 3 aliphatic heterocycles. The van der Waals surface area contributed by atoms with Crippen LogP contribution in [-0.2, 0) is 0 Å². The summed E-state index contributed by atoms with van der Waals surface area (Å²) < 4.78 is 11.1. The van der Waals surface area contributed by atoms with Crippen molar-refractivity contribution in [1.82, 2.24) is 24.3 Å². The van der Waals surface area contributed by atoms with E-state index in [0.29, 0.717) is 12.0 Å². The Balaban J connectivity index is 1.99. The van der Waals surface area contributed by atoms with Gasteiger partial charge >= 0.3 is 18.0 Å². The van der Waals surface area contributed by atoms with Crippen LogP contribution in [0.5, 0.6) is 12.0 Å². The standard InChI is InChI=1S/C11H18N5O2/c1-17-10-12-9(13-11(14-10)18-2)16-6-3-15(4-7-16)5-8-16/h3-8H2,1-2H3/q+1. The summed E-state index contributed by atoms with van der Waals surface area (Å²) in [6, 6.07) is 0.662. The number of methoxy groups -OCH3 is 2. The minimum atomic E-state index is 0.331. The van der Waals surface area contributed by atoms with Gasteiger partial charge in [-0.15, -0.1) is 15.0 Å². The molecule has 3 saturated heterocycles. The van der Waals surface area contributed by atoms with Gasteiger partial charge in [0.15, 0.2) is 0 Å². The van der Waals surface area contributed by atoms with Crippen molar-refractivity contribution in [2.24, 2.45) is 0 Å². The van der Waals surface area contributed by atoms with Crippen molar-refractivity contribution in [3.8, 4) is 12.0 Å². The first-order valence-electron chi connectivity index (χ1n) is 6.19. The lowest BCUT2D eigenvalue weighted by atomic mass is 10.1. The molecule has 1 aromatic rings. The van der Waals surface area contributed by atoms with Gasteiger partial charge in [-0.2, -0.15) is 0 Å². The van der Waals surface area contributed by atoms with Crippen molar-refractivity contribution in [1.29, 1.82) is 0 Å². The van der Waals surface area contributed by atoms with Crippen LogP contribution in [0, 0.1) is 0 Å². The summed E-state index contributed by atoms with van der Waals surface area (Å²) in [5.41, 5.74) is 0. The van der Waals surface area contributed by atoms with Crippen LogP contribution in [0.4, 0.5) is 5.95 Å². The number of aromatic nitrogens is 3. The number of piperazine rings is 3. The highest BCUT2D eigenvalue weighted by atomic mass is 16.5. The second-order valence-electron chi connectivity index (χ2n) is 4.77. The predicted octanol–water partition coefficient (Wildman–Crippen LogP) is -0.475. The Kier molecular flexibility index (Phi) is 2.79. The Hall–Kier alpha value is -1.47. The molecule has 98 valence electrons. The summed E-state index contributed by atoms with van der Waals surface area (Å²) in [5, 5.41) is 0. The van der Waals surface area contributed by atoms with E-state index in [1.165, 1.54) is 0 Å². The predicted molar refractivity (Wildman–Crippen MR) is 65.8 cm³/mol. The van der Waals surface area contributed by atoms with Crippen LogP contribution in [0.1, 0.15) is 0 Å².